The van der Waals surface area contributed by atoms with Crippen LogP contribution in [0.4, 0.5) is 17.6 Å². The van der Waals surface area contributed by atoms with Crippen molar-refractivity contribution >= 4 is 5.91 Å². The third kappa shape index (κ3) is 6.20. The van der Waals surface area contributed by atoms with Crippen molar-refractivity contribution in [3.63, 3.8) is 0 Å². The van der Waals surface area contributed by atoms with Crippen LogP contribution in [0.3, 0.4) is 0 Å². The average Bonchev–Trinajstić information content (AvgIpc) is 2.37. The molecule has 0 saturated carbocycles. The van der Waals surface area contributed by atoms with Crippen LogP contribution in [-0.2, 0) is 9.53 Å². The minimum Gasteiger partial charge on any atom is -0.378 e. The maximum atomic E-state index is 12.5. The summed E-state index contributed by atoms with van der Waals surface area (Å²) in [5, 5.41) is 4.93. The molecule has 1 heterocycles. The lowest BCUT2D eigenvalue weighted by molar-refractivity contribution is -0.137. The quantitative estimate of drug-likeness (QED) is 0.691. The largest absolute Gasteiger partial charge is 0.378 e. The Labute approximate surface area is 108 Å². The van der Waals surface area contributed by atoms with E-state index in [1.165, 1.54) is 0 Å². The lowest BCUT2D eigenvalue weighted by Crippen LogP contribution is -2.41. The average molecular weight is 286 g/mol. The van der Waals surface area contributed by atoms with E-state index in [2.05, 4.69) is 5.32 Å². The SMILES string of the molecule is O=C(CCOC1CCNCC1)NCC(F)(F)C(F)F. The van der Waals surface area contributed by atoms with Crippen molar-refractivity contribution in [3.05, 3.63) is 0 Å². The molecule has 0 aromatic carbocycles. The van der Waals surface area contributed by atoms with Crippen molar-refractivity contribution in [2.24, 2.45) is 0 Å². The summed E-state index contributed by atoms with van der Waals surface area (Å²) in [5.74, 6) is -4.90. The van der Waals surface area contributed by atoms with Crippen LogP contribution in [0.1, 0.15) is 19.3 Å². The summed E-state index contributed by atoms with van der Waals surface area (Å²) in [6, 6.07) is 0. The number of ether oxygens (including phenoxy) is 1. The number of piperidine rings is 1. The molecule has 1 saturated heterocycles. The first-order chi connectivity index (χ1) is 8.92. The fraction of sp³-hybridized carbons (Fsp3) is 0.909. The van der Waals surface area contributed by atoms with Gasteiger partial charge in [-0.05, 0) is 25.9 Å². The van der Waals surface area contributed by atoms with Crippen LogP contribution in [0.5, 0.6) is 0 Å². The molecule has 112 valence electrons. The predicted octanol–water partition coefficient (Wildman–Crippen LogP) is 1.16. The van der Waals surface area contributed by atoms with Crippen LogP contribution in [0.25, 0.3) is 0 Å². The van der Waals surface area contributed by atoms with Crippen LogP contribution in [0.2, 0.25) is 0 Å². The van der Waals surface area contributed by atoms with E-state index in [0.717, 1.165) is 25.9 Å². The Morgan fingerprint density at radius 2 is 2.00 bits per heavy atom. The number of halogens is 4. The van der Waals surface area contributed by atoms with Gasteiger partial charge in [-0.2, -0.15) is 8.78 Å². The Kier molecular flexibility index (Phi) is 6.50. The van der Waals surface area contributed by atoms with Crippen LogP contribution < -0.4 is 10.6 Å². The van der Waals surface area contributed by atoms with E-state index in [9.17, 15) is 22.4 Å². The minimum atomic E-state index is -4.19. The fourth-order valence-corrected chi connectivity index (χ4v) is 1.66. The summed E-state index contributed by atoms with van der Waals surface area (Å²) in [4.78, 5) is 11.2. The predicted molar refractivity (Wildman–Crippen MR) is 60.4 cm³/mol. The van der Waals surface area contributed by atoms with Gasteiger partial charge in [-0.1, -0.05) is 0 Å². The van der Waals surface area contributed by atoms with Crippen molar-refractivity contribution in [2.45, 2.75) is 37.7 Å². The lowest BCUT2D eigenvalue weighted by atomic mass is 10.1. The molecular formula is C11H18F4N2O2. The molecule has 0 aromatic rings. The Morgan fingerprint density at radius 1 is 1.37 bits per heavy atom. The number of hydrogen-bond acceptors (Lipinski definition) is 3. The second-order valence-corrected chi connectivity index (χ2v) is 4.41. The summed E-state index contributed by atoms with van der Waals surface area (Å²) in [6.07, 6.45) is -2.14. The Balaban J connectivity index is 2.10. The van der Waals surface area contributed by atoms with Gasteiger partial charge in [-0.15, -0.1) is 0 Å². The molecule has 0 bridgehead atoms. The molecule has 1 amide bonds. The minimum absolute atomic E-state index is 0.0663. The van der Waals surface area contributed by atoms with Crippen LogP contribution in [0.15, 0.2) is 0 Å². The molecule has 1 rings (SSSR count). The number of carbonyl (C=O) groups excluding carboxylic acids is 1. The highest BCUT2D eigenvalue weighted by molar-refractivity contribution is 5.76. The van der Waals surface area contributed by atoms with Crippen molar-refractivity contribution in [3.8, 4) is 0 Å². The number of amides is 1. The van der Waals surface area contributed by atoms with Gasteiger partial charge in [-0.3, -0.25) is 4.79 Å². The van der Waals surface area contributed by atoms with Gasteiger partial charge in [0.15, 0.2) is 0 Å². The normalized spacial score (nSPS) is 17.7. The number of nitrogens with one attached hydrogen (secondary N) is 2. The van der Waals surface area contributed by atoms with Gasteiger partial charge in [0, 0.05) is 6.42 Å². The van der Waals surface area contributed by atoms with Crippen LogP contribution >= 0.6 is 0 Å². The van der Waals surface area contributed by atoms with Crippen molar-refractivity contribution < 1.29 is 27.1 Å². The van der Waals surface area contributed by atoms with E-state index in [0.29, 0.717) is 0 Å². The van der Waals surface area contributed by atoms with E-state index in [1.807, 2.05) is 0 Å². The van der Waals surface area contributed by atoms with Crippen molar-refractivity contribution in [1.82, 2.24) is 10.6 Å². The summed E-state index contributed by atoms with van der Waals surface area (Å²) < 4.78 is 54.1. The van der Waals surface area contributed by atoms with Gasteiger partial charge >= 0.3 is 12.3 Å². The van der Waals surface area contributed by atoms with Gasteiger partial charge in [0.2, 0.25) is 5.91 Å². The summed E-state index contributed by atoms with van der Waals surface area (Å²) in [6.45, 7) is 0.447. The highest BCUT2D eigenvalue weighted by Gasteiger charge is 2.40. The molecule has 4 nitrogen and oxygen atoms in total. The first-order valence-corrected chi connectivity index (χ1v) is 6.17. The maximum Gasteiger partial charge on any atom is 0.324 e. The second kappa shape index (κ2) is 7.64. The smallest absolute Gasteiger partial charge is 0.324 e. The second-order valence-electron chi connectivity index (χ2n) is 4.41. The summed E-state index contributed by atoms with van der Waals surface area (Å²) in [5.41, 5.74) is 0. The Morgan fingerprint density at radius 3 is 2.58 bits per heavy atom. The zero-order valence-corrected chi connectivity index (χ0v) is 10.4. The van der Waals surface area contributed by atoms with Gasteiger partial charge in [0.1, 0.15) is 0 Å². The topological polar surface area (TPSA) is 50.4 Å². The van der Waals surface area contributed by atoms with Gasteiger partial charge in [-0.25, -0.2) is 8.78 Å². The fourth-order valence-electron chi connectivity index (χ4n) is 1.66. The van der Waals surface area contributed by atoms with Crippen LogP contribution in [0, 0.1) is 0 Å². The van der Waals surface area contributed by atoms with E-state index in [-0.39, 0.29) is 19.1 Å². The van der Waals surface area contributed by atoms with Gasteiger partial charge in [0.25, 0.3) is 0 Å². The molecule has 0 aromatic heterocycles. The molecule has 0 atom stereocenters. The summed E-state index contributed by atoms with van der Waals surface area (Å²) >= 11 is 0. The lowest BCUT2D eigenvalue weighted by Gasteiger charge is -2.22. The third-order valence-electron chi connectivity index (χ3n) is 2.81. The van der Waals surface area contributed by atoms with Gasteiger partial charge in [0.05, 0.1) is 19.3 Å². The zero-order valence-electron chi connectivity index (χ0n) is 10.4. The number of hydrogen-bond donors (Lipinski definition) is 2. The standard InChI is InChI=1S/C11H18F4N2O2/c12-10(13)11(14,15)7-17-9(18)3-6-19-8-1-4-16-5-2-8/h8,10,16H,1-7H2,(H,17,18). The molecule has 0 aliphatic carbocycles. The highest BCUT2D eigenvalue weighted by Crippen LogP contribution is 2.21. The van der Waals surface area contributed by atoms with Crippen LogP contribution in [-0.4, -0.2) is 50.6 Å². The van der Waals surface area contributed by atoms with Crippen molar-refractivity contribution in [2.75, 3.05) is 26.2 Å². The molecular weight excluding hydrogens is 268 g/mol. The molecule has 8 heteroatoms. The zero-order chi connectivity index (χ0) is 14.3. The van der Waals surface area contributed by atoms with E-state index in [1.54, 1.807) is 5.32 Å². The third-order valence-corrected chi connectivity index (χ3v) is 2.81. The molecule has 0 spiro atoms. The van der Waals surface area contributed by atoms with Gasteiger partial charge < -0.3 is 15.4 Å². The Bertz CT molecular complexity index is 284. The Hall–Kier alpha value is -0.890. The molecule has 2 N–H and O–H groups in total. The number of rotatable bonds is 7. The molecule has 0 radical (unpaired) electrons. The number of alkyl halides is 4. The first kappa shape index (κ1) is 16.2. The highest BCUT2D eigenvalue weighted by atomic mass is 19.3. The molecule has 1 aliphatic rings. The monoisotopic (exact) mass is 286 g/mol. The molecule has 1 aliphatic heterocycles. The van der Waals surface area contributed by atoms with E-state index in [4.69, 9.17) is 4.74 Å². The molecule has 19 heavy (non-hydrogen) atoms. The molecule has 0 unspecified atom stereocenters. The first-order valence-electron chi connectivity index (χ1n) is 6.17. The molecule has 1 fully saturated rings. The maximum absolute atomic E-state index is 12.5. The van der Waals surface area contributed by atoms with E-state index >= 15 is 0 Å². The van der Waals surface area contributed by atoms with Crippen molar-refractivity contribution in [1.29, 1.82) is 0 Å². The number of carbonyl (C=O) groups is 1. The summed E-state index contributed by atoms with van der Waals surface area (Å²) in [7, 11) is 0. The van der Waals surface area contributed by atoms with E-state index < -0.39 is 24.8 Å².